The van der Waals surface area contributed by atoms with Gasteiger partial charge in [0, 0.05) is 11.6 Å². The highest BCUT2D eigenvalue weighted by molar-refractivity contribution is 4.74. The first-order valence-corrected chi connectivity index (χ1v) is 7.88. The fourth-order valence-electron chi connectivity index (χ4n) is 2.65. The van der Waals surface area contributed by atoms with Crippen molar-refractivity contribution >= 4 is 0 Å². The van der Waals surface area contributed by atoms with Crippen molar-refractivity contribution in [3.8, 4) is 0 Å². The van der Waals surface area contributed by atoms with Crippen LogP contribution in [-0.2, 0) is 0 Å². The third-order valence-corrected chi connectivity index (χ3v) is 3.23. The van der Waals surface area contributed by atoms with E-state index in [1.54, 1.807) is 0 Å². The first-order valence-electron chi connectivity index (χ1n) is 7.88. The van der Waals surface area contributed by atoms with Crippen molar-refractivity contribution in [2.75, 3.05) is 13.1 Å². The van der Waals surface area contributed by atoms with Crippen LogP contribution in [0.3, 0.4) is 0 Å². The summed E-state index contributed by atoms with van der Waals surface area (Å²) in [5.41, 5.74) is 22.6. The van der Waals surface area contributed by atoms with Gasteiger partial charge in [0.25, 0.3) is 0 Å². The molecule has 0 heterocycles. The molecule has 0 aromatic heterocycles. The number of hydrogen-bond acceptors (Lipinski definition) is 4. The molecule has 4 nitrogen and oxygen atoms in total. The Kier molecular flexibility index (Phi) is 11.7. The van der Waals surface area contributed by atoms with Crippen LogP contribution in [0.25, 0.3) is 0 Å². The summed E-state index contributed by atoms with van der Waals surface area (Å²) in [6.45, 7) is 14.3. The van der Waals surface area contributed by atoms with E-state index in [0.717, 1.165) is 38.8 Å². The van der Waals surface area contributed by atoms with E-state index in [4.69, 9.17) is 22.9 Å². The molecule has 0 aromatic rings. The van der Waals surface area contributed by atoms with Crippen LogP contribution in [0.2, 0.25) is 0 Å². The third kappa shape index (κ3) is 17.8. The maximum Gasteiger partial charge on any atom is 0.00995 e. The quantitative estimate of drug-likeness (QED) is 0.549. The maximum absolute atomic E-state index is 5.83. The molecule has 4 heteroatoms. The predicted molar refractivity (Wildman–Crippen MR) is 91.4 cm³/mol. The highest BCUT2D eigenvalue weighted by atomic mass is 14.7. The zero-order chi connectivity index (χ0) is 16.4. The Balaban J connectivity index is 0. The summed E-state index contributed by atoms with van der Waals surface area (Å²) in [7, 11) is 0. The molecule has 0 aliphatic heterocycles. The van der Waals surface area contributed by atoms with Gasteiger partial charge in [0.15, 0.2) is 0 Å². The van der Waals surface area contributed by atoms with E-state index < -0.39 is 0 Å². The molecular weight excluding hydrogens is 248 g/mol. The van der Waals surface area contributed by atoms with Gasteiger partial charge in [-0.05, 0) is 70.9 Å². The van der Waals surface area contributed by atoms with Gasteiger partial charge in [-0.2, -0.15) is 0 Å². The summed E-state index contributed by atoms with van der Waals surface area (Å²) in [4.78, 5) is 0. The molecule has 0 aliphatic rings. The van der Waals surface area contributed by atoms with Gasteiger partial charge in [-0.3, -0.25) is 0 Å². The van der Waals surface area contributed by atoms with E-state index >= 15 is 0 Å². The van der Waals surface area contributed by atoms with Crippen LogP contribution in [0.15, 0.2) is 0 Å². The van der Waals surface area contributed by atoms with Crippen LogP contribution >= 0.6 is 0 Å². The summed E-state index contributed by atoms with van der Waals surface area (Å²) in [6.07, 6.45) is 4.27. The molecule has 0 spiro atoms. The smallest absolute Gasteiger partial charge is 0.00995 e. The fraction of sp³-hybridized carbons (Fsp3) is 1.00. The number of hydrogen-bond donors (Lipinski definition) is 4. The largest absolute Gasteiger partial charge is 0.330 e. The van der Waals surface area contributed by atoms with Crippen molar-refractivity contribution in [2.45, 2.75) is 78.8 Å². The molecule has 0 fully saturated rings. The summed E-state index contributed by atoms with van der Waals surface area (Å²) >= 11 is 0. The Labute approximate surface area is 127 Å². The minimum atomic E-state index is -0.0331. The third-order valence-electron chi connectivity index (χ3n) is 3.23. The summed E-state index contributed by atoms with van der Waals surface area (Å²) in [5.74, 6) is 0.657. The van der Waals surface area contributed by atoms with E-state index in [9.17, 15) is 0 Å². The summed E-state index contributed by atoms with van der Waals surface area (Å²) in [5, 5.41) is 0. The van der Waals surface area contributed by atoms with Crippen LogP contribution in [0, 0.1) is 11.3 Å². The van der Waals surface area contributed by atoms with Crippen molar-refractivity contribution in [3.05, 3.63) is 0 Å². The predicted octanol–water partition coefficient (Wildman–Crippen LogP) is 2.20. The van der Waals surface area contributed by atoms with Crippen LogP contribution in [0.5, 0.6) is 0 Å². The molecular formula is C16H40N4. The van der Waals surface area contributed by atoms with Gasteiger partial charge in [0.1, 0.15) is 0 Å². The molecule has 0 bridgehead atoms. The molecule has 124 valence electrons. The van der Waals surface area contributed by atoms with E-state index in [1.807, 2.05) is 6.92 Å². The van der Waals surface area contributed by atoms with Crippen LogP contribution < -0.4 is 22.9 Å². The summed E-state index contributed by atoms with van der Waals surface area (Å²) < 4.78 is 0. The molecule has 8 N–H and O–H groups in total. The molecule has 20 heavy (non-hydrogen) atoms. The Hall–Kier alpha value is -0.160. The molecule has 0 amide bonds. The fourth-order valence-corrected chi connectivity index (χ4v) is 2.65. The van der Waals surface area contributed by atoms with Crippen molar-refractivity contribution in [1.29, 1.82) is 0 Å². The Morgan fingerprint density at radius 3 is 1.70 bits per heavy atom. The molecule has 0 aromatic carbocycles. The average molecular weight is 289 g/mol. The number of nitrogens with two attached hydrogens (primary N) is 4. The Bertz CT molecular complexity index is 219. The van der Waals surface area contributed by atoms with Crippen molar-refractivity contribution < 1.29 is 0 Å². The second-order valence-electron chi connectivity index (χ2n) is 7.76. The van der Waals surface area contributed by atoms with Gasteiger partial charge in [-0.25, -0.2) is 0 Å². The topological polar surface area (TPSA) is 104 Å². The minimum Gasteiger partial charge on any atom is -0.330 e. The van der Waals surface area contributed by atoms with Crippen molar-refractivity contribution in [2.24, 2.45) is 34.3 Å². The normalized spacial score (nSPS) is 15.3. The Morgan fingerprint density at radius 1 is 0.900 bits per heavy atom. The first kappa shape index (κ1) is 22.1. The van der Waals surface area contributed by atoms with Crippen molar-refractivity contribution in [1.82, 2.24) is 0 Å². The van der Waals surface area contributed by atoms with Gasteiger partial charge in [-0.1, -0.05) is 20.8 Å². The average Bonchev–Trinajstić information content (AvgIpc) is 2.12. The highest BCUT2D eigenvalue weighted by Crippen LogP contribution is 2.24. The molecule has 0 saturated heterocycles. The molecule has 0 aliphatic carbocycles. The first-order chi connectivity index (χ1) is 8.93. The standard InChI is InChI=1S/2C8H20N2/c1-7(10)6-8(2,3)4-5-9;1-7(4-5-9)6-8(2,3)10/h2*7H,4-6,9-10H2,1-3H3. The zero-order valence-electron chi connectivity index (χ0n) is 14.7. The molecule has 0 radical (unpaired) electrons. The lowest BCUT2D eigenvalue weighted by molar-refractivity contribution is 0.292. The lowest BCUT2D eigenvalue weighted by atomic mass is 9.83. The second-order valence-corrected chi connectivity index (χ2v) is 7.76. The van der Waals surface area contributed by atoms with E-state index in [0.29, 0.717) is 17.4 Å². The monoisotopic (exact) mass is 288 g/mol. The lowest BCUT2D eigenvalue weighted by Gasteiger charge is -2.25. The van der Waals surface area contributed by atoms with Gasteiger partial charge in [-0.15, -0.1) is 0 Å². The molecule has 2 unspecified atom stereocenters. The Morgan fingerprint density at radius 2 is 1.40 bits per heavy atom. The number of rotatable bonds is 8. The van der Waals surface area contributed by atoms with Crippen LogP contribution in [0.1, 0.15) is 67.2 Å². The minimum absolute atomic E-state index is 0.0331. The molecule has 2 atom stereocenters. The molecule has 0 saturated carbocycles. The maximum atomic E-state index is 5.83. The van der Waals surface area contributed by atoms with Gasteiger partial charge in [0.2, 0.25) is 0 Å². The van der Waals surface area contributed by atoms with Gasteiger partial charge >= 0.3 is 0 Å². The van der Waals surface area contributed by atoms with Gasteiger partial charge < -0.3 is 22.9 Å². The zero-order valence-corrected chi connectivity index (χ0v) is 14.7. The van der Waals surface area contributed by atoms with E-state index in [1.165, 1.54) is 0 Å². The van der Waals surface area contributed by atoms with E-state index in [2.05, 4.69) is 34.6 Å². The molecule has 0 rings (SSSR count). The van der Waals surface area contributed by atoms with Crippen molar-refractivity contribution in [3.63, 3.8) is 0 Å². The second kappa shape index (κ2) is 10.6. The summed E-state index contributed by atoms with van der Waals surface area (Å²) in [6, 6.07) is 0.293. The van der Waals surface area contributed by atoms with E-state index in [-0.39, 0.29) is 5.54 Å². The van der Waals surface area contributed by atoms with Crippen LogP contribution in [-0.4, -0.2) is 24.7 Å². The van der Waals surface area contributed by atoms with Gasteiger partial charge in [0.05, 0.1) is 0 Å². The van der Waals surface area contributed by atoms with Crippen LogP contribution in [0.4, 0.5) is 0 Å². The SMILES string of the molecule is CC(CCN)CC(C)(C)N.CC(N)CC(C)(C)CCN. The highest BCUT2D eigenvalue weighted by Gasteiger charge is 2.17. The lowest BCUT2D eigenvalue weighted by Crippen LogP contribution is -2.34.